The van der Waals surface area contributed by atoms with E-state index < -0.39 is 0 Å². The summed E-state index contributed by atoms with van der Waals surface area (Å²) in [6.07, 6.45) is 8.02. The normalized spacial score (nSPS) is 26.5. The van der Waals surface area contributed by atoms with Gasteiger partial charge >= 0.3 is 0 Å². The topological polar surface area (TPSA) is 32.3 Å². The third-order valence-electron chi connectivity index (χ3n) is 6.20. The summed E-state index contributed by atoms with van der Waals surface area (Å²) >= 11 is 1.83. The molecular formula is C22H24N2OS. The Hall–Kier alpha value is -2.07. The molecular weight excluding hydrogens is 340 g/mol. The van der Waals surface area contributed by atoms with Crippen LogP contribution in [0.1, 0.15) is 57.6 Å². The zero-order chi connectivity index (χ0) is 17.7. The van der Waals surface area contributed by atoms with E-state index in [1.54, 1.807) is 0 Å². The highest BCUT2D eigenvalue weighted by atomic mass is 32.1. The molecule has 4 heteroatoms. The van der Waals surface area contributed by atoms with Crippen LogP contribution in [0.2, 0.25) is 0 Å². The fourth-order valence-corrected chi connectivity index (χ4v) is 5.91. The van der Waals surface area contributed by atoms with Crippen molar-refractivity contribution in [3.05, 3.63) is 63.4 Å². The number of hydrogen-bond acceptors (Lipinski definition) is 3. The Morgan fingerprint density at radius 1 is 1.23 bits per heavy atom. The van der Waals surface area contributed by atoms with Crippen LogP contribution >= 0.6 is 11.3 Å². The molecule has 3 unspecified atom stereocenters. The van der Waals surface area contributed by atoms with Gasteiger partial charge in [0.05, 0.1) is 17.3 Å². The first-order chi connectivity index (χ1) is 12.7. The molecule has 1 saturated heterocycles. The minimum absolute atomic E-state index is 0.189. The number of hydrogen-bond donors (Lipinski definition) is 1. The highest BCUT2D eigenvalue weighted by Gasteiger charge is 2.40. The Balaban J connectivity index is 1.59. The van der Waals surface area contributed by atoms with E-state index in [9.17, 15) is 4.79 Å². The van der Waals surface area contributed by atoms with E-state index in [2.05, 4.69) is 48.0 Å². The molecule has 1 N–H and O–H groups in total. The molecule has 1 fully saturated rings. The summed E-state index contributed by atoms with van der Waals surface area (Å²) in [7, 11) is 0. The molecule has 2 aliphatic heterocycles. The number of anilines is 1. The summed E-state index contributed by atoms with van der Waals surface area (Å²) in [5.74, 6) is 1.13. The smallest absolute Gasteiger partial charge is 0.255 e. The number of likely N-dealkylation sites (tertiary alicyclic amines) is 1. The number of rotatable bonds is 2. The largest absolute Gasteiger partial charge is 0.376 e. The van der Waals surface area contributed by atoms with Gasteiger partial charge in [-0.15, -0.1) is 11.3 Å². The highest BCUT2D eigenvalue weighted by molar-refractivity contribution is 7.10. The molecule has 3 atom stereocenters. The van der Waals surface area contributed by atoms with Gasteiger partial charge in [0.15, 0.2) is 0 Å². The van der Waals surface area contributed by atoms with Gasteiger partial charge in [0, 0.05) is 23.9 Å². The van der Waals surface area contributed by atoms with Crippen LogP contribution in [0.15, 0.2) is 41.8 Å². The Bertz CT molecular complexity index is 878. The number of aryl methyl sites for hydroxylation is 1. The summed E-state index contributed by atoms with van der Waals surface area (Å²) in [5, 5.41) is 5.99. The summed E-state index contributed by atoms with van der Waals surface area (Å²) in [4.78, 5) is 16.6. The van der Waals surface area contributed by atoms with Gasteiger partial charge in [0.1, 0.15) is 0 Å². The van der Waals surface area contributed by atoms with Crippen molar-refractivity contribution < 1.29 is 4.79 Å². The van der Waals surface area contributed by atoms with Gasteiger partial charge in [-0.05, 0) is 60.7 Å². The summed E-state index contributed by atoms with van der Waals surface area (Å²) < 4.78 is 0. The Labute approximate surface area is 158 Å². The van der Waals surface area contributed by atoms with Crippen molar-refractivity contribution in [3.63, 3.8) is 0 Å². The number of carbonyl (C=O) groups excluding carboxylic acids is 1. The maximum Gasteiger partial charge on any atom is 0.255 e. The van der Waals surface area contributed by atoms with Gasteiger partial charge in [-0.1, -0.05) is 24.3 Å². The van der Waals surface area contributed by atoms with E-state index in [0.717, 1.165) is 43.6 Å². The lowest BCUT2D eigenvalue weighted by Gasteiger charge is -2.38. The van der Waals surface area contributed by atoms with E-state index >= 15 is 0 Å². The van der Waals surface area contributed by atoms with Crippen molar-refractivity contribution in [3.8, 4) is 0 Å². The first-order valence-corrected chi connectivity index (χ1v) is 10.5. The van der Waals surface area contributed by atoms with Crippen molar-refractivity contribution in [2.24, 2.45) is 5.92 Å². The van der Waals surface area contributed by atoms with Crippen LogP contribution < -0.4 is 5.32 Å². The van der Waals surface area contributed by atoms with E-state index in [-0.39, 0.29) is 11.9 Å². The van der Waals surface area contributed by atoms with Crippen LogP contribution in [0.3, 0.4) is 0 Å². The maximum absolute atomic E-state index is 13.1. The van der Waals surface area contributed by atoms with E-state index in [0.29, 0.717) is 11.8 Å². The Morgan fingerprint density at radius 3 is 2.85 bits per heavy atom. The van der Waals surface area contributed by atoms with Crippen molar-refractivity contribution in [2.75, 3.05) is 18.4 Å². The summed E-state index contributed by atoms with van der Waals surface area (Å²) in [6, 6.07) is 8.76. The van der Waals surface area contributed by atoms with Gasteiger partial charge in [-0.2, -0.15) is 0 Å². The monoisotopic (exact) mass is 364 g/mol. The van der Waals surface area contributed by atoms with Crippen molar-refractivity contribution in [2.45, 2.75) is 38.1 Å². The number of thiophene rings is 1. The minimum Gasteiger partial charge on any atom is -0.376 e. The lowest BCUT2D eigenvalue weighted by atomic mass is 9.77. The molecule has 1 amide bonds. The summed E-state index contributed by atoms with van der Waals surface area (Å²) in [6.45, 7) is 3.98. The highest BCUT2D eigenvalue weighted by Crippen LogP contribution is 2.52. The van der Waals surface area contributed by atoms with Crippen LogP contribution in [0.25, 0.3) is 0 Å². The number of amides is 1. The third kappa shape index (κ3) is 2.43. The molecule has 1 aromatic carbocycles. The van der Waals surface area contributed by atoms with Crippen LogP contribution in [0, 0.1) is 12.8 Å². The number of nitrogens with zero attached hydrogens (tertiary/aromatic N) is 1. The molecule has 0 bridgehead atoms. The van der Waals surface area contributed by atoms with E-state index in [4.69, 9.17) is 0 Å². The molecule has 1 aliphatic carbocycles. The number of allylic oxidation sites excluding steroid dienone is 2. The predicted octanol–water partition coefficient (Wildman–Crippen LogP) is 5.12. The molecule has 0 spiro atoms. The van der Waals surface area contributed by atoms with E-state index in [1.807, 2.05) is 22.3 Å². The first-order valence-electron chi connectivity index (χ1n) is 9.63. The standard InChI is InChI=1S/C22H24N2OS/c1-14-10-13-26-21(14)20-17-8-4-6-15(17)16-7-5-9-18(19(16)23-20)22(25)24-11-2-3-12-24/h4-7,9-10,13,15,17,20,23H,2-3,8,11-12H2,1H3. The lowest BCUT2D eigenvalue weighted by Crippen LogP contribution is -2.33. The summed E-state index contributed by atoms with van der Waals surface area (Å²) in [5.41, 5.74) is 4.56. The predicted molar refractivity (Wildman–Crippen MR) is 107 cm³/mol. The average molecular weight is 365 g/mol. The fraction of sp³-hybridized carbons (Fsp3) is 0.409. The third-order valence-corrected chi connectivity index (χ3v) is 7.31. The maximum atomic E-state index is 13.1. The minimum atomic E-state index is 0.189. The van der Waals surface area contributed by atoms with Crippen molar-refractivity contribution in [1.29, 1.82) is 0 Å². The number of benzene rings is 1. The second-order valence-corrected chi connectivity index (χ2v) is 8.66. The lowest BCUT2D eigenvalue weighted by molar-refractivity contribution is 0.0793. The second-order valence-electron chi connectivity index (χ2n) is 7.71. The van der Waals surface area contributed by atoms with Gasteiger partial charge in [0.25, 0.3) is 5.91 Å². The Morgan fingerprint density at radius 2 is 2.08 bits per heavy atom. The SMILES string of the molecule is Cc1ccsc1C1Nc2c(C(=O)N3CCCC3)cccc2C2C=CCC21. The van der Waals surface area contributed by atoms with Crippen LogP contribution in [0.4, 0.5) is 5.69 Å². The number of fused-ring (bicyclic) bond motifs is 3. The van der Waals surface area contributed by atoms with Crippen molar-refractivity contribution >= 4 is 22.9 Å². The molecule has 5 rings (SSSR count). The zero-order valence-corrected chi connectivity index (χ0v) is 15.9. The van der Waals surface area contributed by atoms with Crippen molar-refractivity contribution in [1.82, 2.24) is 4.90 Å². The molecule has 3 heterocycles. The number of carbonyl (C=O) groups is 1. The first kappa shape index (κ1) is 16.1. The van der Waals surface area contributed by atoms with Gasteiger partial charge in [-0.25, -0.2) is 0 Å². The molecule has 3 nitrogen and oxygen atoms in total. The number of nitrogens with one attached hydrogen (secondary N) is 1. The van der Waals surface area contributed by atoms with Gasteiger partial charge < -0.3 is 10.2 Å². The second kappa shape index (κ2) is 6.27. The molecule has 0 saturated carbocycles. The average Bonchev–Trinajstić information content (AvgIpc) is 3.41. The van der Waals surface area contributed by atoms with Gasteiger partial charge in [-0.3, -0.25) is 4.79 Å². The van der Waals surface area contributed by atoms with Crippen LogP contribution in [-0.2, 0) is 0 Å². The molecule has 1 aromatic heterocycles. The van der Waals surface area contributed by atoms with Crippen LogP contribution in [0.5, 0.6) is 0 Å². The molecule has 0 radical (unpaired) electrons. The molecule has 3 aliphatic rings. The number of para-hydroxylation sites is 1. The molecule has 134 valence electrons. The van der Waals surface area contributed by atoms with E-state index in [1.165, 1.54) is 16.0 Å². The Kier molecular flexibility index (Phi) is 3.89. The van der Waals surface area contributed by atoms with Gasteiger partial charge in [0.2, 0.25) is 0 Å². The molecule has 2 aromatic rings. The van der Waals surface area contributed by atoms with Crippen LogP contribution in [-0.4, -0.2) is 23.9 Å². The quantitative estimate of drug-likeness (QED) is 0.750. The fourth-order valence-electron chi connectivity index (χ4n) is 4.85. The molecule has 26 heavy (non-hydrogen) atoms. The zero-order valence-electron chi connectivity index (χ0n) is 15.1.